The van der Waals surface area contributed by atoms with Crippen LogP contribution in [-0.4, -0.2) is 15.3 Å². The quantitative estimate of drug-likeness (QED) is 0.725. The van der Waals surface area contributed by atoms with Gasteiger partial charge >= 0.3 is 0 Å². The number of carbonyl (C=O) groups is 1. The summed E-state index contributed by atoms with van der Waals surface area (Å²) in [5.41, 5.74) is 0.674. The Morgan fingerprint density at radius 3 is 2.48 bits per heavy atom. The van der Waals surface area contributed by atoms with Crippen LogP contribution in [0.5, 0.6) is 0 Å². The molecule has 0 saturated heterocycles. The molecular weight excluding hydrogens is 389 g/mol. The highest BCUT2D eigenvalue weighted by molar-refractivity contribution is 9.10. The lowest BCUT2D eigenvalue weighted by Crippen LogP contribution is -2.25. The van der Waals surface area contributed by atoms with Crippen molar-refractivity contribution in [2.24, 2.45) is 7.05 Å². The average molecular weight is 404 g/mol. The molecular formula is C18H15BrFN3O2. The number of hydrogen-bond donors (Lipinski definition) is 1. The van der Waals surface area contributed by atoms with Crippen molar-refractivity contribution in [2.75, 3.05) is 5.32 Å². The van der Waals surface area contributed by atoms with Gasteiger partial charge in [0.2, 0.25) is 0 Å². The maximum atomic E-state index is 13.9. The molecule has 0 spiro atoms. The number of hydrogen-bond acceptors (Lipinski definition) is 2. The zero-order valence-electron chi connectivity index (χ0n) is 13.6. The van der Waals surface area contributed by atoms with Crippen molar-refractivity contribution in [1.82, 2.24) is 9.36 Å². The first kappa shape index (κ1) is 17.2. The maximum absolute atomic E-state index is 13.9. The van der Waals surface area contributed by atoms with Crippen LogP contribution in [0.2, 0.25) is 0 Å². The lowest BCUT2D eigenvalue weighted by atomic mass is 10.2. The number of carbonyl (C=O) groups excluding carboxylic acids is 1. The van der Waals surface area contributed by atoms with E-state index in [4.69, 9.17) is 0 Å². The van der Waals surface area contributed by atoms with Gasteiger partial charge in [-0.2, -0.15) is 0 Å². The highest BCUT2D eigenvalue weighted by atomic mass is 79.9. The molecule has 0 radical (unpaired) electrons. The first-order valence-electron chi connectivity index (χ1n) is 7.50. The highest BCUT2D eigenvalue weighted by Crippen LogP contribution is 2.20. The van der Waals surface area contributed by atoms with E-state index in [9.17, 15) is 14.0 Å². The van der Waals surface area contributed by atoms with E-state index in [1.807, 2.05) is 6.07 Å². The summed E-state index contributed by atoms with van der Waals surface area (Å²) < 4.78 is 17.5. The predicted molar refractivity (Wildman–Crippen MR) is 97.8 cm³/mol. The van der Waals surface area contributed by atoms with Crippen LogP contribution in [0, 0.1) is 12.7 Å². The summed E-state index contributed by atoms with van der Waals surface area (Å²) in [6.07, 6.45) is 0. The second kappa shape index (κ2) is 6.68. The van der Waals surface area contributed by atoms with Gasteiger partial charge in [0.15, 0.2) is 0 Å². The molecule has 1 amide bonds. The monoisotopic (exact) mass is 403 g/mol. The standard InChI is InChI=1S/C18H15BrFN3O2/c1-11-16(17(24)21-15-9-8-12(19)10-14(15)20)18(25)23(22(11)2)13-6-4-3-5-7-13/h3-10H,1-2H3,(H,21,24). The zero-order valence-corrected chi connectivity index (χ0v) is 15.2. The molecule has 0 aliphatic heterocycles. The van der Waals surface area contributed by atoms with Crippen LogP contribution in [0.3, 0.4) is 0 Å². The van der Waals surface area contributed by atoms with Crippen LogP contribution in [-0.2, 0) is 7.05 Å². The van der Waals surface area contributed by atoms with Crippen molar-refractivity contribution in [3.05, 3.63) is 80.4 Å². The summed E-state index contributed by atoms with van der Waals surface area (Å²) >= 11 is 3.16. The molecule has 1 N–H and O–H groups in total. The molecule has 0 bridgehead atoms. The van der Waals surface area contributed by atoms with E-state index in [2.05, 4.69) is 21.2 Å². The molecule has 128 valence electrons. The number of benzene rings is 2. The molecule has 1 aromatic heterocycles. The molecule has 0 unspecified atom stereocenters. The fraction of sp³-hybridized carbons (Fsp3) is 0.111. The number of para-hydroxylation sites is 1. The van der Waals surface area contributed by atoms with Crippen molar-refractivity contribution in [1.29, 1.82) is 0 Å². The second-order valence-electron chi connectivity index (χ2n) is 5.51. The van der Waals surface area contributed by atoms with Crippen LogP contribution in [0.25, 0.3) is 5.69 Å². The number of aromatic nitrogens is 2. The Balaban J connectivity index is 2.03. The summed E-state index contributed by atoms with van der Waals surface area (Å²) in [5.74, 6) is -1.23. The van der Waals surface area contributed by atoms with Gasteiger partial charge in [-0.1, -0.05) is 34.1 Å². The van der Waals surface area contributed by atoms with Crippen LogP contribution in [0.15, 0.2) is 57.8 Å². The first-order valence-corrected chi connectivity index (χ1v) is 8.30. The Kier molecular flexibility index (Phi) is 4.59. The lowest BCUT2D eigenvalue weighted by molar-refractivity contribution is 0.102. The van der Waals surface area contributed by atoms with Gasteiger partial charge in [0.05, 0.1) is 17.1 Å². The summed E-state index contributed by atoms with van der Waals surface area (Å²) in [6, 6.07) is 13.3. The van der Waals surface area contributed by atoms with Gasteiger partial charge in [0.1, 0.15) is 11.4 Å². The minimum Gasteiger partial charge on any atom is -0.319 e. The summed E-state index contributed by atoms with van der Waals surface area (Å²) in [7, 11) is 1.70. The molecule has 2 aromatic carbocycles. The normalized spacial score (nSPS) is 10.7. The Labute approximate surface area is 151 Å². The third-order valence-corrected chi connectivity index (χ3v) is 4.45. The maximum Gasteiger partial charge on any atom is 0.284 e. The SMILES string of the molecule is Cc1c(C(=O)Nc2ccc(Br)cc2F)c(=O)n(-c2ccccc2)n1C. The van der Waals surface area contributed by atoms with Crippen LogP contribution < -0.4 is 10.9 Å². The highest BCUT2D eigenvalue weighted by Gasteiger charge is 2.22. The zero-order chi connectivity index (χ0) is 18.1. The molecule has 0 atom stereocenters. The number of rotatable bonds is 3. The van der Waals surface area contributed by atoms with Gasteiger partial charge in [-0.15, -0.1) is 0 Å². The van der Waals surface area contributed by atoms with Gasteiger partial charge in [-0.3, -0.25) is 14.3 Å². The summed E-state index contributed by atoms with van der Waals surface area (Å²) in [6.45, 7) is 1.67. The topological polar surface area (TPSA) is 56.0 Å². The number of halogens is 2. The van der Waals surface area contributed by atoms with Crippen molar-refractivity contribution in [2.45, 2.75) is 6.92 Å². The minimum atomic E-state index is -0.644. The van der Waals surface area contributed by atoms with Gasteiger partial charge in [0, 0.05) is 11.5 Å². The van der Waals surface area contributed by atoms with E-state index in [1.54, 1.807) is 49.0 Å². The molecule has 3 rings (SSSR count). The molecule has 0 fully saturated rings. The number of nitrogens with zero attached hydrogens (tertiary/aromatic N) is 2. The summed E-state index contributed by atoms with van der Waals surface area (Å²) in [5, 5.41) is 2.47. The fourth-order valence-electron chi connectivity index (χ4n) is 2.61. The number of nitrogens with one attached hydrogen (secondary N) is 1. The molecule has 3 aromatic rings. The van der Waals surface area contributed by atoms with Crippen LogP contribution in [0.4, 0.5) is 10.1 Å². The molecule has 0 aliphatic carbocycles. The van der Waals surface area contributed by atoms with Crippen molar-refractivity contribution >= 4 is 27.5 Å². The fourth-order valence-corrected chi connectivity index (χ4v) is 2.94. The first-order chi connectivity index (χ1) is 11.9. The molecule has 0 saturated carbocycles. The van der Waals surface area contributed by atoms with Gasteiger partial charge < -0.3 is 5.32 Å². The smallest absolute Gasteiger partial charge is 0.284 e. The minimum absolute atomic E-state index is 0.0158. The van der Waals surface area contributed by atoms with E-state index in [1.165, 1.54) is 16.8 Å². The summed E-state index contributed by atoms with van der Waals surface area (Å²) in [4.78, 5) is 25.3. The largest absolute Gasteiger partial charge is 0.319 e. The Morgan fingerprint density at radius 1 is 1.16 bits per heavy atom. The van der Waals surface area contributed by atoms with E-state index >= 15 is 0 Å². The van der Waals surface area contributed by atoms with Crippen LogP contribution in [0.1, 0.15) is 16.1 Å². The third-order valence-electron chi connectivity index (χ3n) is 3.96. The van der Waals surface area contributed by atoms with E-state index in [-0.39, 0.29) is 11.3 Å². The van der Waals surface area contributed by atoms with Gasteiger partial charge in [-0.25, -0.2) is 9.07 Å². The predicted octanol–water partition coefficient (Wildman–Crippen LogP) is 3.64. The molecule has 1 heterocycles. The van der Waals surface area contributed by atoms with Crippen molar-refractivity contribution < 1.29 is 9.18 Å². The number of anilines is 1. The van der Waals surface area contributed by atoms with E-state index in [0.717, 1.165) is 0 Å². The Morgan fingerprint density at radius 2 is 1.84 bits per heavy atom. The Bertz CT molecular complexity index is 1010. The molecule has 25 heavy (non-hydrogen) atoms. The average Bonchev–Trinajstić information content (AvgIpc) is 2.80. The number of amides is 1. The molecule has 0 aliphatic rings. The van der Waals surface area contributed by atoms with E-state index < -0.39 is 17.3 Å². The lowest BCUT2D eigenvalue weighted by Gasteiger charge is -2.07. The Hall–Kier alpha value is -2.67. The van der Waals surface area contributed by atoms with Crippen LogP contribution >= 0.6 is 15.9 Å². The van der Waals surface area contributed by atoms with Gasteiger partial charge in [0.25, 0.3) is 11.5 Å². The van der Waals surface area contributed by atoms with Crippen molar-refractivity contribution in [3.63, 3.8) is 0 Å². The third kappa shape index (κ3) is 3.15. The second-order valence-corrected chi connectivity index (χ2v) is 6.43. The van der Waals surface area contributed by atoms with E-state index in [0.29, 0.717) is 15.9 Å². The van der Waals surface area contributed by atoms with Gasteiger partial charge in [-0.05, 0) is 37.3 Å². The molecule has 7 heteroatoms. The van der Waals surface area contributed by atoms with Crippen molar-refractivity contribution in [3.8, 4) is 5.69 Å². The molecule has 5 nitrogen and oxygen atoms in total.